The fourth-order valence-electron chi connectivity index (χ4n) is 0.950. The molecule has 0 rings (SSSR count). The summed E-state index contributed by atoms with van der Waals surface area (Å²) < 4.78 is 9.64. The molecule has 0 saturated carbocycles. The number of alkyl halides is 1. The van der Waals surface area contributed by atoms with E-state index < -0.39 is 0 Å². The highest BCUT2D eigenvalue weighted by Gasteiger charge is 2.12. The topological polar surface area (TPSA) is 55.8 Å². The van der Waals surface area contributed by atoms with Gasteiger partial charge in [-0.15, -0.1) is 0 Å². The second-order valence-electron chi connectivity index (χ2n) is 3.31. The van der Waals surface area contributed by atoms with E-state index in [-0.39, 0.29) is 16.9 Å². The molecule has 6 heteroatoms. The van der Waals surface area contributed by atoms with Gasteiger partial charge >= 0.3 is 12.1 Å². The maximum atomic E-state index is 11.2. The minimum absolute atomic E-state index is 0.0493. The average Bonchev–Trinajstić information content (AvgIpc) is 2.23. The van der Waals surface area contributed by atoms with Crippen molar-refractivity contribution in [3.05, 3.63) is 0 Å². The minimum atomic E-state index is -0.338. The average molecular weight is 296 g/mol. The molecule has 0 unspecified atom stereocenters. The molecular formula is C10H18BrNO4. The molecule has 0 radical (unpaired) electrons. The Morgan fingerprint density at radius 2 is 2.00 bits per heavy atom. The number of esters is 1. The highest BCUT2D eigenvalue weighted by atomic mass is 79.9. The Balaban J connectivity index is 3.69. The first-order valence-electron chi connectivity index (χ1n) is 5.12. The number of carbonyl (C=O) groups is 2. The number of hydrogen-bond donors (Lipinski definition) is 0. The van der Waals surface area contributed by atoms with E-state index >= 15 is 0 Å². The molecule has 0 saturated heterocycles. The molecule has 94 valence electrons. The van der Waals surface area contributed by atoms with Crippen molar-refractivity contribution in [2.75, 3.05) is 26.8 Å². The van der Waals surface area contributed by atoms with Gasteiger partial charge in [0.2, 0.25) is 0 Å². The van der Waals surface area contributed by atoms with Gasteiger partial charge in [-0.1, -0.05) is 15.9 Å². The van der Waals surface area contributed by atoms with E-state index in [2.05, 4.69) is 15.9 Å². The summed E-state index contributed by atoms with van der Waals surface area (Å²) in [5, 5.41) is 0. The van der Waals surface area contributed by atoms with Crippen molar-refractivity contribution in [1.29, 1.82) is 0 Å². The van der Waals surface area contributed by atoms with E-state index in [0.717, 1.165) is 0 Å². The lowest BCUT2D eigenvalue weighted by Crippen LogP contribution is -2.30. The SMILES string of the molecule is CCOC(=O)N(C)CC[C@@H](Br)COC(C)=O. The van der Waals surface area contributed by atoms with E-state index in [1.54, 1.807) is 14.0 Å². The van der Waals surface area contributed by atoms with E-state index in [4.69, 9.17) is 9.47 Å². The molecule has 5 nitrogen and oxygen atoms in total. The lowest BCUT2D eigenvalue weighted by molar-refractivity contribution is -0.140. The zero-order valence-corrected chi connectivity index (χ0v) is 11.4. The van der Waals surface area contributed by atoms with E-state index in [9.17, 15) is 9.59 Å². The van der Waals surface area contributed by atoms with Gasteiger partial charge in [0.05, 0.1) is 11.4 Å². The molecule has 1 atom stereocenters. The lowest BCUT2D eigenvalue weighted by atomic mass is 10.3. The third-order valence-corrected chi connectivity index (χ3v) is 2.55. The van der Waals surface area contributed by atoms with Crippen molar-refractivity contribution in [2.24, 2.45) is 0 Å². The molecular weight excluding hydrogens is 278 g/mol. The summed E-state index contributed by atoms with van der Waals surface area (Å²) in [6.07, 6.45) is 0.359. The molecule has 0 N–H and O–H groups in total. The Morgan fingerprint density at radius 3 is 2.50 bits per heavy atom. The Kier molecular flexibility index (Phi) is 7.97. The summed E-state index contributed by atoms with van der Waals surface area (Å²) in [5.74, 6) is -0.303. The van der Waals surface area contributed by atoms with Crippen molar-refractivity contribution >= 4 is 28.0 Å². The first kappa shape index (κ1) is 15.2. The van der Waals surface area contributed by atoms with Crippen molar-refractivity contribution in [2.45, 2.75) is 25.1 Å². The number of carbonyl (C=O) groups excluding carboxylic acids is 2. The number of ether oxygens (including phenoxy) is 2. The van der Waals surface area contributed by atoms with Gasteiger partial charge in [0.25, 0.3) is 0 Å². The number of hydrogen-bond acceptors (Lipinski definition) is 4. The highest BCUT2D eigenvalue weighted by Crippen LogP contribution is 2.07. The molecule has 1 amide bonds. The predicted octanol–water partition coefficient (Wildman–Crippen LogP) is 1.79. The molecule has 0 heterocycles. The van der Waals surface area contributed by atoms with Crippen LogP contribution in [0.5, 0.6) is 0 Å². The van der Waals surface area contributed by atoms with Gasteiger partial charge in [-0.25, -0.2) is 4.79 Å². The second kappa shape index (κ2) is 8.38. The lowest BCUT2D eigenvalue weighted by Gasteiger charge is -2.18. The van der Waals surface area contributed by atoms with Crippen LogP contribution in [-0.4, -0.2) is 48.6 Å². The third-order valence-electron chi connectivity index (χ3n) is 1.82. The predicted molar refractivity (Wildman–Crippen MR) is 63.6 cm³/mol. The first-order valence-corrected chi connectivity index (χ1v) is 6.04. The smallest absolute Gasteiger partial charge is 0.409 e. The Morgan fingerprint density at radius 1 is 1.38 bits per heavy atom. The van der Waals surface area contributed by atoms with Crippen LogP contribution in [0.3, 0.4) is 0 Å². The number of halogens is 1. The summed E-state index contributed by atoms with van der Waals surface area (Å²) in [4.78, 5) is 23.3. The minimum Gasteiger partial charge on any atom is -0.465 e. The zero-order valence-electron chi connectivity index (χ0n) is 9.86. The van der Waals surface area contributed by atoms with Crippen LogP contribution in [0, 0.1) is 0 Å². The number of rotatable bonds is 6. The van der Waals surface area contributed by atoms with E-state index in [1.807, 2.05) is 0 Å². The van der Waals surface area contributed by atoms with Gasteiger partial charge in [-0.05, 0) is 13.3 Å². The van der Waals surface area contributed by atoms with Gasteiger partial charge in [0.1, 0.15) is 6.61 Å². The maximum Gasteiger partial charge on any atom is 0.409 e. The largest absolute Gasteiger partial charge is 0.465 e. The number of amides is 1. The monoisotopic (exact) mass is 295 g/mol. The van der Waals surface area contributed by atoms with Crippen molar-refractivity contribution < 1.29 is 19.1 Å². The quantitative estimate of drug-likeness (QED) is 0.554. The molecule has 0 aromatic carbocycles. The maximum absolute atomic E-state index is 11.2. The highest BCUT2D eigenvalue weighted by molar-refractivity contribution is 9.09. The van der Waals surface area contributed by atoms with Crippen LogP contribution in [0.4, 0.5) is 4.79 Å². The molecule has 0 aliphatic heterocycles. The summed E-state index contributed by atoms with van der Waals surface area (Å²) in [5.41, 5.74) is 0. The molecule has 0 aliphatic carbocycles. The van der Waals surface area contributed by atoms with Crippen LogP contribution in [0.1, 0.15) is 20.3 Å². The molecule has 0 aromatic rings. The van der Waals surface area contributed by atoms with Gasteiger partial charge < -0.3 is 14.4 Å². The molecule has 0 aliphatic rings. The summed E-state index contributed by atoms with van der Waals surface area (Å²) >= 11 is 3.37. The van der Waals surface area contributed by atoms with Crippen LogP contribution in [0.15, 0.2) is 0 Å². The van der Waals surface area contributed by atoms with Crippen LogP contribution in [-0.2, 0) is 14.3 Å². The van der Waals surface area contributed by atoms with Crippen molar-refractivity contribution in [3.8, 4) is 0 Å². The fraction of sp³-hybridized carbons (Fsp3) is 0.800. The molecule has 0 bridgehead atoms. The fourth-order valence-corrected chi connectivity index (χ4v) is 1.29. The summed E-state index contributed by atoms with van der Waals surface area (Å²) in [6.45, 7) is 4.36. The van der Waals surface area contributed by atoms with Crippen LogP contribution in [0.2, 0.25) is 0 Å². The first-order chi connectivity index (χ1) is 7.47. The summed E-state index contributed by atoms with van der Waals surface area (Å²) in [6, 6.07) is 0. The van der Waals surface area contributed by atoms with Crippen LogP contribution >= 0.6 is 15.9 Å². The molecule has 0 fully saturated rings. The zero-order chi connectivity index (χ0) is 12.6. The van der Waals surface area contributed by atoms with Crippen molar-refractivity contribution in [3.63, 3.8) is 0 Å². The molecule has 16 heavy (non-hydrogen) atoms. The third kappa shape index (κ3) is 7.50. The van der Waals surface area contributed by atoms with Gasteiger partial charge in [0, 0.05) is 20.5 Å². The standard InChI is InChI=1S/C10H18BrNO4/c1-4-15-10(14)12(3)6-5-9(11)7-16-8(2)13/h9H,4-7H2,1-3H3/t9-/m1/s1. The van der Waals surface area contributed by atoms with E-state index in [0.29, 0.717) is 26.2 Å². The van der Waals surface area contributed by atoms with E-state index in [1.165, 1.54) is 11.8 Å². The normalized spacial score (nSPS) is 11.8. The molecule has 0 aromatic heterocycles. The van der Waals surface area contributed by atoms with Crippen molar-refractivity contribution in [1.82, 2.24) is 4.90 Å². The van der Waals surface area contributed by atoms with Gasteiger partial charge in [0.15, 0.2) is 0 Å². The Bertz CT molecular complexity index is 235. The Labute approximate surface area is 104 Å². The van der Waals surface area contributed by atoms with Gasteiger partial charge in [-0.2, -0.15) is 0 Å². The second-order valence-corrected chi connectivity index (χ2v) is 4.60. The van der Waals surface area contributed by atoms with Crippen LogP contribution in [0.25, 0.3) is 0 Å². The number of nitrogens with zero attached hydrogens (tertiary/aromatic N) is 1. The Hall–Kier alpha value is -0.780. The molecule has 0 spiro atoms. The summed E-state index contributed by atoms with van der Waals surface area (Å²) in [7, 11) is 1.67. The van der Waals surface area contributed by atoms with Gasteiger partial charge in [-0.3, -0.25) is 4.79 Å². The van der Waals surface area contributed by atoms with Crippen LogP contribution < -0.4 is 0 Å².